The highest BCUT2D eigenvalue weighted by Crippen LogP contribution is 2.52. The summed E-state index contributed by atoms with van der Waals surface area (Å²) in [6.07, 6.45) is 6.57. The smallest absolute Gasteiger partial charge is 0.273 e. The molecular formula is C52H63NO6S. The summed E-state index contributed by atoms with van der Waals surface area (Å²) >= 11 is 1.56. The zero-order valence-electron chi connectivity index (χ0n) is 36.9. The van der Waals surface area contributed by atoms with Gasteiger partial charge in [0.1, 0.15) is 18.3 Å². The summed E-state index contributed by atoms with van der Waals surface area (Å²) in [6, 6.07) is 18.9. The third kappa shape index (κ3) is 8.56. The lowest BCUT2D eigenvalue weighted by molar-refractivity contribution is -0.125. The van der Waals surface area contributed by atoms with Crippen LogP contribution < -0.4 is 4.74 Å². The number of ketones is 3. The van der Waals surface area contributed by atoms with Crippen molar-refractivity contribution in [3.8, 4) is 5.19 Å². The molecule has 5 unspecified atom stereocenters. The third-order valence-corrected chi connectivity index (χ3v) is 14.7. The number of aliphatic hydroxyl groups is 1. The van der Waals surface area contributed by atoms with Gasteiger partial charge in [0.15, 0.2) is 17.3 Å². The maximum Gasteiger partial charge on any atom is 0.273 e. The van der Waals surface area contributed by atoms with Gasteiger partial charge in [-0.1, -0.05) is 105 Å². The summed E-state index contributed by atoms with van der Waals surface area (Å²) in [5.41, 5.74) is 12.3. The van der Waals surface area contributed by atoms with Crippen LogP contribution in [0.25, 0.3) is 5.57 Å². The van der Waals surface area contributed by atoms with Crippen molar-refractivity contribution in [2.45, 2.75) is 119 Å². The number of allylic oxidation sites excluding steroid dienone is 2. The van der Waals surface area contributed by atoms with Crippen LogP contribution in [0.3, 0.4) is 0 Å². The second-order valence-corrected chi connectivity index (χ2v) is 18.9. The van der Waals surface area contributed by atoms with Crippen molar-refractivity contribution in [1.29, 1.82) is 0 Å². The molecule has 0 amide bonds. The second-order valence-electron chi connectivity index (χ2n) is 17.7. The number of rotatable bonds is 13. The summed E-state index contributed by atoms with van der Waals surface area (Å²) in [5.74, 6) is 0.967. The molecule has 4 aromatic rings. The van der Waals surface area contributed by atoms with E-state index in [4.69, 9.17) is 9.47 Å². The Balaban J connectivity index is 0.000000181. The van der Waals surface area contributed by atoms with Crippen LogP contribution in [0.5, 0.6) is 5.19 Å². The molecule has 5 atom stereocenters. The number of aliphatic hydroxyl groups excluding tert-OH is 1. The van der Waals surface area contributed by atoms with E-state index in [1.807, 2.05) is 32.0 Å². The SMILES string of the molecule is CCc1cc(C)cc(CC)c1C1=C(OCc2ccccc2)C2CC(CO)CC2C1=O.CCc1cc(C)cc(CC)c1C1C(=O)C2CC(COc3nc(C)c(C)s3)CC2C1=O. The molecule has 4 aliphatic carbocycles. The predicted octanol–water partition coefficient (Wildman–Crippen LogP) is 10.4. The van der Waals surface area contributed by atoms with Gasteiger partial charge < -0.3 is 14.6 Å². The maximum atomic E-state index is 13.7. The Morgan fingerprint density at radius 3 is 1.73 bits per heavy atom. The zero-order valence-corrected chi connectivity index (χ0v) is 37.7. The first-order chi connectivity index (χ1) is 28.9. The van der Waals surface area contributed by atoms with E-state index in [9.17, 15) is 19.5 Å². The molecule has 3 saturated carbocycles. The van der Waals surface area contributed by atoms with Crippen molar-refractivity contribution in [2.75, 3.05) is 13.2 Å². The normalized spacial score (nSPS) is 24.5. The van der Waals surface area contributed by atoms with Crippen molar-refractivity contribution in [3.05, 3.63) is 121 Å². The predicted molar refractivity (Wildman–Crippen MR) is 239 cm³/mol. The summed E-state index contributed by atoms with van der Waals surface area (Å²) in [7, 11) is 0. The highest BCUT2D eigenvalue weighted by Gasteiger charge is 2.55. The van der Waals surface area contributed by atoms with E-state index in [0.717, 1.165) is 101 Å². The van der Waals surface area contributed by atoms with Crippen LogP contribution in [0.2, 0.25) is 0 Å². The number of Topliss-reactive ketones (excluding diaryl/α,β-unsaturated/α-hetero) is 3. The number of ether oxygens (including phenoxy) is 2. The molecule has 0 aliphatic heterocycles. The summed E-state index contributed by atoms with van der Waals surface area (Å²) in [4.78, 5) is 46.1. The molecule has 0 spiro atoms. The molecule has 1 aromatic heterocycles. The number of thiazole rings is 1. The monoisotopic (exact) mass is 829 g/mol. The number of aryl methyl sites for hydroxylation is 8. The van der Waals surface area contributed by atoms with Gasteiger partial charge in [-0.25, -0.2) is 4.98 Å². The van der Waals surface area contributed by atoms with Crippen molar-refractivity contribution in [1.82, 2.24) is 4.98 Å². The summed E-state index contributed by atoms with van der Waals surface area (Å²) in [5, 5.41) is 10.4. The van der Waals surface area contributed by atoms with E-state index in [2.05, 4.69) is 82.9 Å². The lowest BCUT2D eigenvalue weighted by Crippen LogP contribution is -2.22. The lowest BCUT2D eigenvalue weighted by Gasteiger charge is -2.20. The molecular weight excluding hydrogens is 767 g/mol. The molecule has 0 radical (unpaired) electrons. The first-order valence-electron chi connectivity index (χ1n) is 22.4. The molecule has 4 aliphatic rings. The number of fused-ring (bicyclic) bond motifs is 2. The number of nitrogens with zero attached hydrogens (tertiary/aromatic N) is 1. The molecule has 8 heteroatoms. The number of aromatic nitrogens is 1. The fourth-order valence-corrected chi connectivity index (χ4v) is 11.5. The number of hydrogen-bond acceptors (Lipinski definition) is 8. The molecule has 0 saturated heterocycles. The number of benzene rings is 3. The van der Waals surface area contributed by atoms with Crippen LogP contribution in [-0.4, -0.2) is 40.7 Å². The van der Waals surface area contributed by atoms with Gasteiger partial charge in [-0.3, -0.25) is 14.4 Å². The van der Waals surface area contributed by atoms with Gasteiger partial charge in [-0.05, 0) is 130 Å². The molecule has 8 rings (SSSR count). The molecule has 0 bridgehead atoms. The Morgan fingerprint density at radius 2 is 1.22 bits per heavy atom. The summed E-state index contributed by atoms with van der Waals surface area (Å²) < 4.78 is 12.3. The Labute approximate surface area is 361 Å². The van der Waals surface area contributed by atoms with Crippen LogP contribution in [-0.2, 0) is 51.4 Å². The van der Waals surface area contributed by atoms with Gasteiger partial charge in [0.25, 0.3) is 5.19 Å². The minimum Gasteiger partial charge on any atom is -0.492 e. The Kier molecular flexibility index (Phi) is 13.6. The molecule has 60 heavy (non-hydrogen) atoms. The quantitative estimate of drug-likeness (QED) is 0.134. The van der Waals surface area contributed by atoms with Crippen LogP contribution in [0.1, 0.15) is 120 Å². The third-order valence-electron chi connectivity index (χ3n) is 13.7. The number of carbonyl (C=O) groups is 3. The van der Waals surface area contributed by atoms with Gasteiger partial charge in [0.2, 0.25) is 0 Å². The first kappa shape index (κ1) is 43.7. The van der Waals surface area contributed by atoms with E-state index < -0.39 is 5.92 Å². The van der Waals surface area contributed by atoms with Crippen molar-refractivity contribution in [2.24, 2.45) is 35.5 Å². The first-order valence-corrected chi connectivity index (χ1v) is 23.2. The van der Waals surface area contributed by atoms with Crippen LogP contribution in [0.15, 0.2) is 60.4 Å². The molecule has 1 heterocycles. The Hall–Kier alpha value is -4.40. The van der Waals surface area contributed by atoms with Gasteiger partial charge in [-0.15, -0.1) is 0 Å². The average molecular weight is 830 g/mol. The van der Waals surface area contributed by atoms with Crippen molar-refractivity contribution < 1.29 is 29.0 Å². The topological polar surface area (TPSA) is 103 Å². The molecule has 318 valence electrons. The minimum atomic E-state index is -0.559. The van der Waals surface area contributed by atoms with E-state index in [1.165, 1.54) is 22.3 Å². The van der Waals surface area contributed by atoms with Crippen LogP contribution in [0, 0.1) is 63.2 Å². The lowest BCUT2D eigenvalue weighted by atomic mass is 9.82. The largest absolute Gasteiger partial charge is 0.492 e. The summed E-state index contributed by atoms with van der Waals surface area (Å²) in [6.45, 7) is 17.9. The van der Waals surface area contributed by atoms with Gasteiger partial charge in [-0.2, -0.15) is 0 Å². The van der Waals surface area contributed by atoms with Gasteiger partial charge in [0, 0.05) is 35.2 Å². The molecule has 7 nitrogen and oxygen atoms in total. The van der Waals surface area contributed by atoms with E-state index >= 15 is 0 Å². The van der Waals surface area contributed by atoms with Crippen molar-refractivity contribution in [3.63, 3.8) is 0 Å². The fraction of sp³-hybridized carbons (Fsp3) is 0.500. The Morgan fingerprint density at radius 1 is 0.683 bits per heavy atom. The van der Waals surface area contributed by atoms with Crippen LogP contribution >= 0.6 is 11.3 Å². The fourth-order valence-electron chi connectivity index (χ4n) is 10.7. The van der Waals surface area contributed by atoms with E-state index in [-0.39, 0.29) is 59.5 Å². The van der Waals surface area contributed by atoms with E-state index in [1.54, 1.807) is 11.3 Å². The number of carbonyl (C=O) groups excluding carboxylic acids is 3. The Bertz CT molecular complexity index is 2180. The van der Waals surface area contributed by atoms with Crippen molar-refractivity contribution >= 4 is 34.3 Å². The van der Waals surface area contributed by atoms with Gasteiger partial charge in [0.05, 0.1) is 17.9 Å². The molecule has 3 fully saturated rings. The number of hydrogen-bond donors (Lipinski definition) is 1. The minimum absolute atomic E-state index is 0.0568. The zero-order chi connectivity index (χ0) is 42.8. The molecule has 1 N–H and O–H groups in total. The standard InChI is InChI=1S/C27H32O3.C25H31NO3S/c1-4-20-11-17(3)12-21(5-2)24(20)25-26(29)22-13-19(15-28)14-23(22)27(25)30-16-18-9-7-6-8-10-18;1-6-17-8-13(3)9-18(7-2)21(17)22-23(27)19-10-16(11-20(19)24(22)28)12-29-25-26-14(4)15(5)30-25/h6-12,19,22-23,28H,4-5,13-16H2,1-3H3;8-9,16,19-20,22H,6-7,10-12H2,1-5H3. The van der Waals surface area contributed by atoms with E-state index in [0.29, 0.717) is 18.4 Å². The maximum absolute atomic E-state index is 13.7. The molecule has 3 aromatic carbocycles. The second kappa shape index (κ2) is 18.7. The van der Waals surface area contributed by atoms with Crippen LogP contribution in [0.4, 0.5) is 0 Å². The highest BCUT2D eigenvalue weighted by atomic mass is 32.1. The van der Waals surface area contributed by atoms with Gasteiger partial charge >= 0.3 is 0 Å². The highest BCUT2D eigenvalue weighted by molar-refractivity contribution is 7.13. The average Bonchev–Trinajstić information content (AvgIpc) is 4.05.